The van der Waals surface area contributed by atoms with Crippen molar-refractivity contribution in [2.45, 2.75) is 52.9 Å². The summed E-state index contributed by atoms with van der Waals surface area (Å²) in [4.78, 5) is 18.5. The number of hydrogen-bond donors (Lipinski definition) is 2. The molecule has 1 aromatic carbocycles. The van der Waals surface area contributed by atoms with Gasteiger partial charge in [-0.2, -0.15) is 0 Å². The smallest absolute Gasteiger partial charge is 0.253 e. The van der Waals surface area contributed by atoms with E-state index in [1.807, 2.05) is 18.2 Å². The zero-order valence-electron chi connectivity index (χ0n) is 18.3. The Kier molecular flexibility index (Phi) is 14.9. The van der Waals surface area contributed by atoms with Crippen LogP contribution in [0, 0.1) is 5.92 Å². The van der Waals surface area contributed by atoms with Crippen LogP contribution in [0.15, 0.2) is 29.3 Å². The molecule has 0 aliphatic heterocycles. The minimum absolute atomic E-state index is 0. The summed E-state index contributed by atoms with van der Waals surface area (Å²) in [5, 5.41) is 6.75. The van der Waals surface area contributed by atoms with Gasteiger partial charge in [-0.25, -0.2) is 0 Å². The van der Waals surface area contributed by atoms with Gasteiger partial charge in [0.2, 0.25) is 0 Å². The van der Waals surface area contributed by atoms with E-state index in [-0.39, 0.29) is 29.9 Å². The molecule has 1 rings (SSSR count). The fraction of sp³-hybridized carbons (Fsp3) is 0.636. The van der Waals surface area contributed by atoms with Crippen LogP contribution in [0.3, 0.4) is 0 Å². The number of benzene rings is 1. The van der Waals surface area contributed by atoms with E-state index < -0.39 is 0 Å². The third kappa shape index (κ3) is 10.3. The van der Waals surface area contributed by atoms with Crippen molar-refractivity contribution in [3.8, 4) is 0 Å². The van der Waals surface area contributed by atoms with E-state index in [2.05, 4.69) is 37.5 Å². The molecule has 5 nitrogen and oxygen atoms in total. The molecule has 0 radical (unpaired) electrons. The molecule has 160 valence electrons. The van der Waals surface area contributed by atoms with Gasteiger partial charge in [0.05, 0.1) is 0 Å². The molecule has 1 atom stereocenters. The van der Waals surface area contributed by atoms with Crippen LogP contribution in [0.2, 0.25) is 0 Å². The summed E-state index contributed by atoms with van der Waals surface area (Å²) < 4.78 is 0. The standard InChI is InChI=1S/C22H38N4O.HI/c1-6-9-11-18(7-2)17-25-22(23-8-3)24-15-14-19-12-10-13-20(16-19)21(27)26(4)5;/h10,12-13,16,18H,6-9,11,14-15,17H2,1-5H3,(H2,23,24,25);1H. The molecule has 0 spiro atoms. The monoisotopic (exact) mass is 502 g/mol. The Morgan fingerprint density at radius 2 is 1.93 bits per heavy atom. The summed E-state index contributed by atoms with van der Waals surface area (Å²) in [6, 6.07) is 7.86. The Hall–Kier alpha value is -1.31. The van der Waals surface area contributed by atoms with Crippen LogP contribution in [-0.4, -0.2) is 50.5 Å². The molecular formula is C22H39IN4O. The number of carbonyl (C=O) groups is 1. The Bertz CT molecular complexity index is 590. The average Bonchev–Trinajstić information content (AvgIpc) is 2.67. The first-order valence-corrected chi connectivity index (χ1v) is 10.3. The van der Waals surface area contributed by atoms with Crippen molar-refractivity contribution in [2.24, 2.45) is 10.9 Å². The van der Waals surface area contributed by atoms with Gasteiger partial charge in [-0.1, -0.05) is 45.2 Å². The minimum Gasteiger partial charge on any atom is -0.357 e. The van der Waals surface area contributed by atoms with E-state index in [9.17, 15) is 4.79 Å². The second kappa shape index (κ2) is 15.6. The molecule has 1 unspecified atom stereocenters. The van der Waals surface area contributed by atoms with Crippen LogP contribution in [0.5, 0.6) is 0 Å². The third-order valence-corrected chi connectivity index (χ3v) is 4.68. The first-order chi connectivity index (χ1) is 13.0. The molecule has 1 aromatic rings. The zero-order valence-corrected chi connectivity index (χ0v) is 20.6. The Morgan fingerprint density at radius 3 is 2.54 bits per heavy atom. The maximum absolute atomic E-state index is 12.1. The molecule has 0 aromatic heterocycles. The molecule has 0 aliphatic carbocycles. The summed E-state index contributed by atoms with van der Waals surface area (Å²) in [7, 11) is 3.56. The van der Waals surface area contributed by atoms with Gasteiger partial charge < -0.3 is 15.5 Å². The van der Waals surface area contributed by atoms with Crippen molar-refractivity contribution in [1.29, 1.82) is 0 Å². The normalized spacial score (nSPS) is 12.1. The Balaban J connectivity index is 0.00000729. The van der Waals surface area contributed by atoms with Crippen LogP contribution in [-0.2, 0) is 6.42 Å². The van der Waals surface area contributed by atoms with Crippen LogP contribution in [0.1, 0.15) is 62.4 Å². The van der Waals surface area contributed by atoms with Crippen LogP contribution in [0.4, 0.5) is 0 Å². The van der Waals surface area contributed by atoms with Gasteiger partial charge in [-0.05, 0) is 43.4 Å². The second-order valence-electron chi connectivity index (χ2n) is 7.21. The predicted molar refractivity (Wildman–Crippen MR) is 131 cm³/mol. The van der Waals surface area contributed by atoms with E-state index in [4.69, 9.17) is 4.99 Å². The van der Waals surface area contributed by atoms with E-state index >= 15 is 0 Å². The lowest BCUT2D eigenvalue weighted by Crippen LogP contribution is -2.38. The van der Waals surface area contributed by atoms with Gasteiger partial charge >= 0.3 is 0 Å². The molecule has 6 heteroatoms. The lowest BCUT2D eigenvalue weighted by Gasteiger charge is -2.15. The first-order valence-electron chi connectivity index (χ1n) is 10.3. The van der Waals surface area contributed by atoms with Gasteiger partial charge in [0.1, 0.15) is 0 Å². The van der Waals surface area contributed by atoms with Crippen molar-refractivity contribution in [3.05, 3.63) is 35.4 Å². The van der Waals surface area contributed by atoms with Crippen molar-refractivity contribution < 1.29 is 4.79 Å². The average molecular weight is 502 g/mol. The van der Waals surface area contributed by atoms with Crippen molar-refractivity contribution in [1.82, 2.24) is 15.5 Å². The summed E-state index contributed by atoms with van der Waals surface area (Å²) in [6.45, 7) is 9.09. The molecule has 28 heavy (non-hydrogen) atoms. The van der Waals surface area contributed by atoms with Crippen molar-refractivity contribution in [2.75, 3.05) is 33.7 Å². The molecule has 0 heterocycles. The van der Waals surface area contributed by atoms with Crippen molar-refractivity contribution in [3.63, 3.8) is 0 Å². The number of carbonyl (C=O) groups excluding carboxylic acids is 1. The number of halogens is 1. The maximum Gasteiger partial charge on any atom is 0.253 e. The molecule has 0 bridgehead atoms. The zero-order chi connectivity index (χ0) is 20.1. The van der Waals surface area contributed by atoms with Crippen molar-refractivity contribution >= 4 is 35.8 Å². The number of rotatable bonds is 11. The fourth-order valence-electron chi connectivity index (χ4n) is 2.92. The fourth-order valence-corrected chi connectivity index (χ4v) is 2.92. The van der Waals surface area contributed by atoms with E-state index in [0.717, 1.165) is 43.1 Å². The lowest BCUT2D eigenvalue weighted by molar-refractivity contribution is 0.0827. The summed E-state index contributed by atoms with van der Waals surface area (Å²) >= 11 is 0. The van der Waals surface area contributed by atoms with Crippen LogP contribution < -0.4 is 10.6 Å². The lowest BCUT2D eigenvalue weighted by atomic mass is 10.00. The summed E-state index contributed by atoms with van der Waals surface area (Å²) in [6.07, 6.45) is 5.80. The molecule has 0 saturated carbocycles. The molecule has 2 N–H and O–H groups in total. The summed E-state index contributed by atoms with van der Waals surface area (Å²) in [5.74, 6) is 1.58. The van der Waals surface area contributed by atoms with Gasteiger partial charge in [0.15, 0.2) is 5.96 Å². The number of aliphatic imine (C=N–C) groups is 1. The highest BCUT2D eigenvalue weighted by Gasteiger charge is 2.09. The summed E-state index contributed by atoms with van der Waals surface area (Å²) in [5.41, 5.74) is 1.89. The number of nitrogens with zero attached hydrogens (tertiary/aromatic N) is 2. The number of nitrogens with one attached hydrogen (secondary N) is 2. The van der Waals surface area contributed by atoms with Gasteiger partial charge in [-0.15, -0.1) is 24.0 Å². The third-order valence-electron chi connectivity index (χ3n) is 4.68. The van der Waals surface area contributed by atoms with Gasteiger partial charge in [0.25, 0.3) is 5.91 Å². The highest BCUT2D eigenvalue weighted by Crippen LogP contribution is 2.12. The maximum atomic E-state index is 12.1. The van der Waals surface area contributed by atoms with Crippen LogP contribution >= 0.6 is 24.0 Å². The van der Waals surface area contributed by atoms with Gasteiger partial charge in [-0.3, -0.25) is 9.79 Å². The number of amides is 1. The van der Waals surface area contributed by atoms with Gasteiger partial charge in [0, 0.05) is 39.3 Å². The highest BCUT2D eigenvalue weighted by molar-refractivity contribution is 14.0. The first kappa shape index (κ1) is 26.7. The quantitative estimate of drug-likeness (QED) is 0.269. The minimum atomic E-state index is 0. The van der Waals surface area contributed by atoms with E-state index in [1.54, 1.807) is 19.0 Å². The molecule has 0 aliphatic rings. The number of guanidine groups is 1. The molecule has 0 fully saturated rings. The second-order valence-corrected chi connectivity index (χ2v) is 7.21. The topological polar surface area (TPSA) is 56.7 Å². The number of unbranched alkanes of at least 4 members (excludes halogenated alkanes) is 1. The van der Waals surface area contributed by atoms with E-state index in [1.165, 1.54) is 25.7 Å². The van der Waals surface area contributed by atoms with E-state index in [0.29, 0.717) is 5.92 Å². The molecule has 0 saturated heterocycles. The Labute approximate surface area is 188 Å². The SMILES string of the molecule is CCCCC(CC)CN=C(NCC)NCCc1cccc(C(=O)N(C)C)c1.I. The largest absolute Gasteiger partial charge is 0.357 e. The molecule has 1 amide bonds. The Morgan fingerprint density at radius 1 is 1.18 bits per heavy atom. The number of hydrogen-bond acceptors (Lipinski definition) is 2. The molecular weight excluding hydrogens is 463 g/mol. The predicted octanol–water partition coefficient (Wildman–Crippen LogP) is 4.32. The highest BCUT2D eigenvalue weighted by atomic mass is 127. The van der Waals surface area contributed by atoms with Crippen LogP contribution in [0.25, 0.3) is 0 Å².